The number of aromatic amines is 2. The summed E-state index contributed by atoms with van der Waals surface area (Å²) < 4.78 is 29.7. The second-order valence-electron chi connectivity index (χ2n) is 15.4. The van der Waals surface area contributed by atoms with Gasteiger partial charge in [0.25, 0.3) is 6.43 Å². The second-order valence-corrected chi connectivity index (χ2v) is 15.4. The number of fused-ring (bicyclic) bond motifs is 2. The lowest BCUT2D eigenvalue weighted by Crippen LogP contribution is -2.51. The molecule has 2 saturated carbocycles. The lowest BCUT2D eigenvalue weighted by molar-refractivity contribution is -0.135. The number of hydrogen-bond donors (Lipinski definition) is 5. The third-order valence-corrected chi connectivity index (χ3v) is 11.6. The van der Waals surface area contributed by atoms with Crippen LogP contribution in [0.15, 0.2) is 60.9 Å². The minimum absolute atomic E-state index is 0.109. The standard InChI is InChI=1S/C41H48F2N8O5/c1-22(2)36(50-41(55)56-3)40(54)51-16-4-5-31(51)37-45-18-29(48-37)25-10-6-23(7-11-25)24-8-12-26(13-9-24)30-19-46-38(49-30)34-27-14-15-28(17-27)35(34)39(53)47-21-33(52)44-20-32(42)43/h6-13,18-19,22,27-28,31-32,34-36H,4-5,14-17,20-21H2,1-3H3,(H,44,52)(H,45,48)(H,46,49)(H,47,53)(H,50,55)/t27?,28?,31-,34+,35+,36-/m0/s1. The summed E-state index contributed by atoms with van der Waals surface area (Å²) in [5.74, 6) is 0.366. The number of halogens is 2. The predicted molar refractivity (Wildman–Crippen MR) is 204 cm³/mol. The maximum atomic E-state index is 13.5. The summed E-state index contributed by atoms with van der Waals surface area (Å²) in [5.41, 5.74) is 5.67. The summed E-state index contributed by atoms with van der Waals surface area (Å²) in [5, 5.41) is 7.48. The summed E-state index contributed by atoms with van der Waals surface area (Å²) >= 11 is 0. The van der Waals surface area contributed by atoms with Crippen LogP contribution in [-0.4, -0.2) is 87.9 Å². The number of alkyl halides is 2. The Kier molecular flexibility index (Phi) is 11.5. The minimum Gasteiger partial charge on any atom is -0.453 e. The molecule has 3 fully saturated rings. The lowest BCUT2D eigenvalue weighted by Gasteiger charge is -2.30. The molecule has 2 aromatic heterocycles. The zero-order chi connectivity index (χ0) is 39.5. The highest BCUT2D eigenvalue weighted by Crippen LogP contribution is 2.56. The molecule has 3 aliphatic rings. The molecular formula is C41H48F2N8O5. The fourth-order valence-corrected chi connectivity index (χ4v) is 8.78. The third-order valence-electron chi connectivity index (χ3n) is 11.6. The van der Waals surface area contributed by atoms with Crippen molar-refractivity contribution in [3.63, 3.8) is 0 Å². The first-order chi connectivity index (χ1) is 27.0. The van der Waals surface area contributed by atoms with Gasteiger partial charge in [0.05, 0.1) is 55.9 Å². The molecule has 1 saturated heterocycles. The van der Waals surface area contributed by atoms with Gasteiger partial charge in [0.15, 0.2) is 0 Å². The van der Waals surface area contributed by atoms with Crippen LogP contribution in [0.1, 0.15) is 69.6 Å². The average molecular weight is 771 g/mol. The number of hydrogen-bond acceptors (Lipinski definition) is 7. The van der Waals surface area contributed by atoms with E-state index in [1.165, 1.54) is 7.11 Å². The van der Waals surface area contributed by atoms with Crippen molar-refractivity contribution in [1.82, 2.24) is 40.8 Å². The van der Waals surface area contributed by atoms with Gasteiger partial charge in [-0.25, -0.2) is 23.5 Å². The molecule has 4 amide bonds. The Labute approximate surface area is 323 Å². The van der Waals surface area contributed by atoms with Gasteiger partial charge in [-0.2, -0.15) is 0 Å². The smallest absolute Gasteiger partial charge is 0.407 e. The second kappa shape index (κ2) is 16.6. The minimum atomic E-state index is -2.65. The Morgan fingerprint density at radius 2 is 1.43 bits per heavy atom. The van der Waals surface area contributed by atoms with Crippen LogP contribution in [0.25, 0.3) is 33.6 Å². The van der Waals surface area contributed by atoms with E-state index >= 15 is 0 Å². The van der Waals surface area contributed by atoms with Gasteiger partial charge in [-0.15, -0.1) is 0 Å². The van der Waals surface area contributed by atoms with Crippen molar-refractivity contribution < 1.29 is 32.7 Å². The Balaban J connectivity index is 0.986. The number of carbonyl (C=O) groups excluding carboxylic acids is 4. The van der Waals surface area contributed by atoms with Gasteiger partial charge in [-0.05, 0) is 72.1 Å². The number of carbonyl (C=O) groups is 4. The van der Waals surface area contributed by atoms with E-state index < -0.39 is 31.0 Å². The van der Waals surface area contributed by atoms with Crippen molar-refractivity contribution in [3.8, 4) is 33.6 Å². The fraction of sp³-hybridized carbons (Fsp3) is 0.463. The van der Waals surface area contributed by atoms with Crippen LogP contribution < -0.4 is 16.0 Å². The van der Waals surface area contributed by atoms with Crippen molar-refractivity contribution in [2.45, 2.75) is 70.4 Å². The molecule has 2 aliphatic carbocycles. The first kappa shape index (κ1) is 38.7. The molecule has 6 atom stereocenters. The van der Waals surface area contributed by atoms with E-state index in [1.807, 2.05) is 38.1 Å². The number of amides is 4. The number of nitrogens with zero attached hydrogens (tertiary/aromatic N) is 3. The lowest BCUT2D eigenvalue weighted by atomic mass is 9.78. The number of nitrogens with one attached hydrogen (secondary N) is 5. The zero-order valence-corrected chi connectivity index (χ0v) is 31.7. The average Bonchev–Trinajstić information content (AvgIpc) is 4.06. The number of rotatable bonds is 13. The summed E-state index contributed by atoms with van der Waals surface area (Å²) in [7, 11) is 1.28. The molecule has 7 rings (SSSR count). The van der Waals surface area contributed by atoms with Gasteiger partial charge in [0.2, 0.25) is 17.7 Å². The van der Waals surface area contributed by atoms with E-state index in [0.29, 0.717) is 18.3 Å². The number of H-pyrrole nitrogens is 2. The van der Waals surface area contributed by atoms with Gasteiger partial charge in [-0.3, -0.25) is 14.4 Å². The molecule has 2 unspecified atom stereocenters. The Bertz CT molecular complexity index is 2030. The normalized spacial score (nSPS) is 22.1. The molecule has 3 heterocycles. The van der Waals surface area contributed by atoms with Crippen molar-refractivity contribution in [1.29, 1.82) is 0 Å². The molecule has 0 radical (unpaired) electrons. The highest BCUT2D eigenvalue weighted by atomic mass is 19.3. The summed E-state index contributed by atoms with van der Waals surface area (Å²) in [4.78, 5) is 68.7. The molecule has 2 bridgehead atoms. The highest BCUT2D eigenvalue weighted by Gasteiger charge is 2.52. The van der Waals surface area contributed by atoms with Crippen molar-refractivity contribution >= 4 is 23.8 Å². The van der Waals surface area contributed by atoms with Gasteiger partial charge >= 0.3 is 6.09 Å². The van der Waals surface area contributed by atoms with Crippen LogP contribution in [-0.2, 0) is 19.1 Å². The Morgan fingerprint density at radius 1 is 0.839 bits per heavy atom. The molecule has 15 heteroatoms. The van der Waals surface area contributed by atoms with E-state index in [2.05, 4.69) is 55.2 Å². The van der Waals surface area contributed by atoms with E-state index in [0.717, 1.165) is 71.6 Å². The SMILES string of the molecule is COC(=O)N[C@H](C(=O)N1CCC[C@H]1c1ncc(-c2ccc(-c3ccc(-c4cnc([C@@H]5C6CCC(C6)[C@H]5C(=O)NCC(=O)NCC(F)F)[nH]4)cc3)cc2)[nH]1)C(C)C. The van der Waals surface area contributed by atoms with Crippen LogP contribution in [0.3, 0.4) is 0 Å². The topological polar surface area (TPSA) is 174 Å². The number of imidazole rings is 2. The van der Waals surface area contributed by atoms with E-state index in [1.54, 1.807) is 17.3 Å². The van der Waals surface area contributed by atoms with Crippen molar-refractivity contribution in [2.75, 3.05) is 26.7 Å². The van der Waals surface area contributed by atoms with Crippen LogP contribution in [0, 0.1) is 23.7 Å². The monoisotopic (exact) mass is 770 g/mol. The maximum Gasteiger partial charge on any atom is 0.407 e. The van der Waals surface area contributed by atoms with Gasteiger partial charge in [-0.1, -0.05) is 62.4 Å². The Morgan fingerprint density at radius 3 is 2.04 bits per heavy atom. The fourth-order valence-electron chi connectivity index (χ4n) is 8.78. The molecule has 1 aliphatic heterocycles. The van der Waals surface area contributed by atoms with Crippen LogP contribution >= 0.6 is 0 Å². The molecule has 13 nitrogen and oxygen atoms in total. The van der Waals surface area contributed by atoms with E-state index in [9.17, 15) is 28.0 Å². The first-order valence-corrected chi connectivity index (χ1v) is 19.3. The number of likely N-dealkylation sites (tertiary alicyclic amines) is 1. The number of aromatic nitrogens is 4. The predicted octanol–water partition coefficient (Wildman–Crippen LogP) is 5.81. The molecule has 0 spiro atoms. The van der Waals surface area contributed by atoms with E-state index in [4.69, 9.17) is 9.72 Å². The summed E-state index contributed by atoms with van der Waals surface area (Å²) in [6.45, 7) is 3.29. The molecule has 5 N–H and O–H groups in total. The van der Waals surface area contributed by atoms with Gasteiger partial charge < -0.3 is 35.6 Å². The summed E-state index contributed by atoms with van der Waals surface area (Å²) in [6.07, 6.45) is 4.77. The number of benzene rings is 2. The molecular weight excluding hydrogens is 722 g/mol. The summed E-state index contributed by atoms with van der Waals surface area (Å²) in [6, 6.07) is 15.4. The quantitative estimate of drug-likeness (QED) is 0.114. The Hall–Kier alpha value is -5.60. The zero-order valence-electron chi connectivity index (χ0n) is 31.7. The van der Waals surface area contributed by atoms with Gasteiger partial charge in [0.1, 0.15) is 17.7 Å². The first-order valence-electron chi connectivity index (χ1n) is 19.3. The van der Waals surface area contributed by atoms with Crippen molar-refractivity contribution in [3.05, 3.63) is 72.6 Å². The highest BCUT2D eigenvalue weighted by molar-refractivity contribution is 5.87. The number of methoxy groups -OCH3 is 1. The third kappa shape index (κ3) is 8.17. The number of alkyl carbamates (subject to hydrolysis) is 1. The van der Waals surface area contributed by atoms with Crippen molar-refractivity contribution in [2.24, 2.45) is 23.7 Å². The molecule has 56 heavy (non-hydrogen) atoms. The largest absolute Gasteiger partial charge is 0.453 e. The van der Waals surface area contributed by atoms with E-state index in [-0.39, 0.29) is 48.1 Å². The molecule has 296 valence electrons. The molecule has 4 aromatic rings. The van der Waals surface area contributed by atoms with Crippen LogP contribution in [0.5, 0.6) is 0 Å². The van der Waals surface area contributed by atoms with Gasteiger partial charge in [0, 0.05) is 12.5 Å². The van der Waals surface area contributed by atoms with Crippen LogP contribution in [0.2, 0.25) is 0 Å². The maximum absolute atomic E-state index is 13.5. The number of ether oxygens (including phenoxy) is 1. The van der Waals surface area contributed by atoms with Crippen LogP contribution in [0.4, 0.5) is 13.6 Å². The molecule has 2 aromatic carbocycles.